The predicted octanol–water partition coefficient (Wildman–Crippen LogP) is 4.11. The summed E-state index contributed by atoms with van der Waals surface area (Å²) >= 11 is 0. The van der Waals surface area contributed by atoms with E-state index in [0.717, 1.165) is 22.4 Å². The van der Waals surface area contributed by atoms with Crippen LogP contribution in [-0.4, -0.2) is 14.6 Å². The molecule has 4 nitrogen and oxygen atoms in total. The van der Waals surface area contributed by atoms with E-state index in [2.05, 4.69) is 10.1 Å². The molecular formula is C20H16FN3O. The Balaban J connectivity index is 2.04. The van der Waals surface area contributed by atoms with Crippen molar-refractivity contribution in [3.05, 3.63) is 82.0 Å². The van der Waals surface area contributed by atoms with Gasteiger partial charge in [-0.3, -0.25) is 4.79 Å². The third-order valence-corrected chi connectivity index (χ3v) is 4.26. The summed E-state index contributed by atoms with van der Waals surface area (Å²) < 4.78 is 15.3. The average Bonchev–Trinajstić information content (AvgIpc) is 2.91. The molecule has 4 rings (SSSR count). The Morgan fingerprint density at radius 3 is 2.48 bits per heavy atom. The standard InChI is InChI=1S/C20H16FN3O/c1-12-6-8-14(9-7-12)19-13(2)23-24-17(11-18(25)22-20(19)24)15-4-3-5-16(21)10-15/h3-11H,1-2H3,(H,22,25). The van der Waals surface area contributed by atoms with E-state index in [4.69, 9.17) is 0 Å². The van der Waals surface area contributed by atoms with E-state index in [-0.39, 0.29) is 11.4 Å². The van der Waals surface area contributed by atoms with Crippen LogP contribution < -0.4 is 5.56 Å². The molecule has 5 heteroatoms. The van der Waals surface area contributed by atoms with Gasteiger partial charge in [-0.15, -0.1) is 0 Å². The minimum absolute atomic E-state index is 0.250. The fourth-order valence-corrected chi connectivity index (χ4v) is 3.07. The van der Waals surface area contributed by atoms with Crippen LogP contribution in [-0.2, 0) is 0 Å². The first-order chi connectivity index (χ1) is 12.0. The molecule has 0 aliphatic heterocycles. The van der Waals surface area contributed by atoms with Crippen LogP contribution in [0.1, 0.15) is 11.3 Å². The maximum absolute atomic E-state index is 13.6. The number of rotatable bonds is 2. The molecule has 4 aromatic rings. The van der Waals surface area contributed by atoms with Crippen LogP contribution in [0.4, 0.5) is 4.39 Å². The van der Waals surface area contributed by atoms with E-state index in [1.165, 1.54) is 18.2 Å². The normalized spacial score (nSPS) is 11.2. The molecular weight excluding hydrogens is 317 g/mol. The van der Waals surface area contributed by atoms with E-state index >= 15 is 0 Å². The topological polar surface area (TPSA) is 50.2 Å². The number of nitrogens with one attached hydrogen (secondary N) is 1. The lowest BCUT2D eigenvalue weighted by Gasteiger charge is -2.06. The van der Waals surface area contributed by atoms with Crippen molar-refractivity contribution in [3.8, 4) is 22.4 Å². The van der Waals surface area contributed by atoms with Gasteiger partial charge in [0.25, 0.3) is 5.56 Å². The molecule has 0 saturated heterocycles. The number of aromatic nitrogens is 3. The second kappa shape index (κ2) is 5.70. The molecule has 2 heterocycles. The minimum atomic E-state index is -0.353. The maximum atomic E-state index is 13.6. The Hall–Kier alpha value is -3.21. The number of benzene rings is 2. The summed E-state index contributed by atoms with van der Waals surface area (Å²) in [4.78, 5) is 15.1. The van der Waals surface area contributed by atoms with Crippen LogP contribution in [0.15, 0.2) is 59.4 Å². The molecule has 0 fully saturated rings. The van der Waals surface area contributed by atoms with Crippen molar-refractivity contribution in [1.29, 1.82) is 0 Å². The summed E-state index contributed by atoms with van der Waals surface area (Å²) in [5.74, 6) is -0.353. The molecule has 25 heavy (non-hydrogen) atoms. The van der Waals surface area contributed by atoms with E-state index in [0.29, 0.717) is 16.9 Å². The van der Waals surface area contributed by atoms with Gasteiger partial charge in [0.1, 0.15) is 11.5 Å². The molecule has 0 saturated carbocycles. The van der Waals surface area contributed by atoms with Crippen molar-refractivity contribution >= 4 is 5.65 Å². The molecule has 0 spiro atoms. The lowest BCUT2D eigenvalue weighted by atomic mass is 10.0. The van der Waals surface area contributed by atoms with Crippen molar-refractivity contribution < 1.29 is 4.39 Å². The number of fused-ring (bicyclic) bond motifs is 1. The van der Waals surface area contributed by atoms with E-state index in [1.54, 1.807) is 16.6 Å². The lowest BCUT2D eigenvalue weighted by Crippen LogP contribution is -2.09. The van der Waals surface area contributed by atoms with Crippen molar-refractivity contribution in [3.63, 3.8) is 0 Å². The van der Waals surface area contributed by atoms with Gasteiger partial charge in [0.05, 0.1) is 11.4 Å². The van der Waals surface area contributed by atoms with Gasteiger partial charge < -0.3 is 4.98 Å². The summed E-state index contributed by atoms with van der Waals surface area (Å²) in [7, 11) is 0. The van der Waals surface area contributed by atoms with Gasteiger partial charge in [-0.2, -0.15) is 5.10 Å². The minimum Gasteiger partial charge on any atom is -0.306 e. The van der Waals surface area contributed by atoms with Crippen molar-refractivity contribution in [2.75, 3.05) is 0 Å². The van der Waals surface area contributed by atoms with Crippen LogP contribution in [0.25, 0.3) is 28.0 Å². The molecule has 1 N–H and O–H groups in total. The zero-order valence-corrected chi connectivity index (χ0v) is 13.9. The Labute approximate surface area is 143 Å². The van der Waals surface area contributed by atoms with Gasteiger partial charge >= 0.3 is 0 Å². The number of aryl methyl sites for hydroxylation is 2. The van der Waals surface area contributed by atoms with Gasteiger partial charge in [0.15, 0.2) is 0 Å². The summed E-state index contributed by atoms with van der Waals surface area (Å²) in [6.07, 6.45) is 0. The lowest BCUT2D eigenvalue weighted by molar-refractivity contribution is 0.628. The number of aromatic amines is 1. The van der Waals surface area contributed by atoms with E-state index < -0.39 is 0 Å². The highest BCUT2D eigenvalue weighted by Crippen LogP contribution is 2.29. The van der Waals surface area contributed by atoms with Crippen LogP contribution in [0, 0.1) is 19.7 Å². The fraction of sp³-hybridized carbons (Fsp3) is 0.100. The van der Waals surface area contributed by atoms with Crippen LogP contribution >= 0.6 is 0 Å². The highest BCUT2D eigenvalue weighted by atomic mass is 19.1. The number of nitrogens with zero attached hydrogens (tertiary/aromatic N) is 2. The maximum Gasteiger partial charge on any atom is 0.251 e. The van der Waals surface area contributed by atoms with Gasteiger partial charge in [0, 0.05) is 17.2 Å². The monoisotopic (exact) mass is 333 g/mol. The Morgan fingerprint density at radius 1 is 1.00 bits per heavy atom. The van der Waals surface area contributed by atoms with Crippen LogP contribution in [0.2, 0.25) is 0 Å². The zero-order chi connectivity index (χ0) is 17.6. The first-order valence-corrected chi connectivity index (χ1v) is 7.98. The molecule has 0 aliphatic carbocycles. The zero-order valence-electron chi connectivity index (χ0n) is 13.9. The Kier molecular flexibility index (Phi) is 3.50. The molecule has 0 atom stereocenters. The summed E-state index contributed by atoms with van der Waals surface area (Å²) in [6.45, 7) is 3.92. The van der Waals surface area contributed by atoms with Crippen LogP contribution in [0.3, 0.4) is 0 Å². The van der Waals surface area contributed by atoms with E-state index in [9.17, 15) is 9.18 Å². The largest absolute Gasteiger partial charge is 0.306 e. The third kappa shape index (κ3) is 2.63. The summed E-state index contributed by atoms with van der Waals surface area (Å²) in [5, 5.41) is 4.58. The quantitative estimate of drug-likeness (QED) is 0.600. The molecule has 0 amide bonds. The number of hydrogen-bond donors (Lipinski definition) is 1. The van der Waals surface area contributed by atoms with Crippen LogP contribution in [0.5, 0.6) is 0 Å². The van der Waals surface area contributed by atoms with Gasteiger partial charge in [-0.05, 0) is 31.5 Å². The molecule has 2 aromatic carbocycles. The predicted molar refractivity (Wildman–Crippen MR) is 96.1 cm³/mol. The highest BCUT2D eigenvalue weighted by molar-refractivity contribution is 5.81. The number of hydrogen-bond acceptors (Lipinski definition) is 2. The first-order valence-electron chi connectivity index (χ1n) is 7.98. The highest BCUT2D eigenvalue weighted by Gasteiger charge is 2.16. The average molecular weight is 333 g/mol. The summed E-state index contributed by atoms with van der Waals surface area (Å²) in [5.41, 5.74) is 5.32. The van der Waals surface area contributed by atoms with Gasteiger partial charge in [0.2, 0.25) is 0 Å². The van der Waals surface area contributed by atoms with Crippen molar-refractivity contribution in [2.24, 2.45) is 0 Å². The molecule has 2 aromatic heterocycles. The van der Waals surface area contributed by atoms with Crippen molar-refractivity contribution in [2.45, 2.75) is 13.8 Å². The Bertz CT molecular complexity index is 1140. The molecule has 0 bridgehead atoms. The van der Waals surface area contributed by atoms with Gasteiger partial charge in [-0.1, -0.05) is 42.0 Å². The second-order valence-electron chi connectivity index (χ2n) is 6.12. The molecule has 0 aliphatic rings. The number of H-pyrrole nitrogens is 1. The molecule has 0 unspecified atom stereocenters. The molecule has 124 valence electrons. The summed E-state index contributed by atoms with van der Waals surface area (Å²) in [6, 6.07) is 15.7. The number of halogens is 1. The Morgan fingerprint density at radius 2 is 1.76 bits per heavy atom. The van der Waals surface area contributed by atoms with E-state index in [1.807, 2.05) is 38.1 Å². The molecule has 0 radical (unpaired) electrons. The fourth-order valence-electron chi connectivity index (χ4n) is 3.07. The van der Waals surface area contributed by atoms with Gasteiger partial charge in [-0.25, -0.2) is 8.91 Å². The smallest absolute Gasteiger partial charge is 0.251 e. The SMILES string of the molecule is Cc1ccc(-c2c(C)nn3c(-c4cccc(F)c4)cc(=O)[nH]c23)cc1. The second-order valence-corrected chi connectivity index (χ2v) is 6.12. The first kappa shape index (κ1) is 15.3. The third-order valence-electron chi connectivity index (χ3n) is 4.26. The van der Waals surface area contributed by atoms with Crippen molar-refractivity contribution in [1.82, 2.24) is 14.6 Å².